The van der Waals surface area contributed by atoms with E-state index in [9.17, 15) is 18.0 Å². The molecule has 0 fully saturated rings. The summed E-state index contributed by atoms with van der Waals surface area (Å²) in [5, 5.41) is 10.0. The molecular weight excluding hydrogens is 461 g/mol. The van der Waals surface area contributed by atoms with Crippen LogP contribution >= 0.6 is 11.6 Å². The SMILES string of the molecule is COc1ccc(C2CC(C(F)(F)F)n3nc(C(=O)Nc4cccc(Cl)c4)cc3N2)cc1OC. The van der Waals surface area contributed by atoms with Gasteiger partial charge in [-0.3, -0.25) is 4.79 Å². The van der Waals surface area contributed by atoms with E-state index in [0.29, 0.717) is 27.8 Å². The first kappa shape index (κ1) is 22.8. The number of hydrogen-bond acceptors (Lipinski definition) is 5. The molecule has 11 heteroatoms. The highest BCUT2D eigenvalue weighted by atomic mass is 35.5. The molecule has 1 aliphatic heterocycles. The number of carbonyl (C=O) groups excluding carboxylic acids is 1. The van der Waals surface area contributed by atoms with Crippen molar-refractivity contribution in [2.45, 2.75) is 24.7 Å². The number of carbonyl (C=O) groups is 1. The summed E-state index contributed by atoms with van der Waals surface area (Å²) < 4.78 is 53.1. The lowest BCUT2D eigenvalue weighted by molar-refractivity contribution is -0.173. The van der Waals surface area contributed by atoms with Gasteiger partial charge in [0.05, 0.1) is 20.3 Å². The lowest BCUT2D eigenvalue weighted by Crippen LogP contribution is -2.35. The van der Waals surface area contributed by atoms with Gasteiger partial charge in [0.1, 0.15) is 5.82 Å². The van der Waals surface area contributed by atoms with Crippen LogP contribution in [-0.2, 0) is 0 Å². The van der Waals surface area contributed by atoms with Crippen molar-refractivity contribution >= 4 is 29.0 Å². The van der Waals surface area contributed by atoms with E-state index in [0.717, 1.165) is 4.68 Å². The van der Waals surface area contributed by atoms with Crippen LogP contribution in [-0.4, -0.2) is 36.1 Å². The van der Waals surface area contributed by atoms with Gasteiger partial charge >= 0.3 is 6.18 Å². The summed E-state index contributed by atoms with van der Waals surface area (Å²) in [4.78, 5) is 12.6. The zero-order valence-corrected chi connectivity index (χ0v) is 18.4. The number of benzene rings is 2. The van der Waals surface area contributed by atoms with Gasteiger partial charge < -0.3 is 20.1 Å². The second-order valence-electron chi connectivity index (χ2n) is 7.43. The Morgan fingerprint density at radius 3 is 2.58 bits per heavy atom. The first-order valence-corrected chi connectivity index (χ1v) is 10.3. The van der Waals surface area contributed by atoms with Crippen molar-refractivity contribution in [2.24, 2.45) is 0 Å². The number of anilines is 2. The highest BCUT2D eigenvalue weighted by Gasteiger charge is 2.47. The molecule has 0 saturated heterocycles. The molecule has 2 unspecified atom stereocenters. The second-order valence-corrected chi connectivity index (χ2v) is 7.86. The molecule has 3 aromatic rings. The van der Waals surface area contributed by atoms with E-state index in [1.807, 2.05) is 0 Å². The maximum absolute atomic E-state index is 13.9. The quantitative estimate of drug-likeness (QED) is 0.506. The van der Waals surface area contributed by atoms with Crippen LogP contribution in [0.25, 0.3) is 0 Å². The van der Waals surface area contributed by atoms with E-state index < -0.39 is 24.2 Å². The van der Waals surface area contributed by atoms with Crippen LogP contribution in [0.5, 0.6) is 11.5 Å². The molecule has 0 spiro atoms. The van der Waals surface area contributed by atoms with Gasteiger partial charge in [0.25, 0.3) is 5.91 Å². The number of amides is 1. The largest absolute Gasteiger partial charge is 0.493 e. The highest BCUT2D eigenvalue weighted by Crippen LogP contribution is 2.44. The van der Waals surface area contributed by atoms with E-state index in [-0.39, 0.29) is 17.9 Å². The number of nitrogens with zero attached hydrogens (tertiary/aromatic N) is 2. The van der Waals surface area contributed by atoms with Crippen molar-refractivity contribution in [1.82, 2.24) is 9.78 Å². The van der Waals surface area contributed by atoms with Crippen molar-refractivity contribution in [3.05, 3.63) is 64.8 Å². The fourth-order valence-electron chi connectivity index (χ4n) is 3.73. The summed E-state index contributed by atoms with van der Waals surface area (Å²) in [5.74, 6) is 0.305. The Hall–Kier alpha value is -3.40. The number of methoxy groups -OCH3 is 2. The Balaban J connectivity index is 1.65. The van der Waals surface area contributed by atoms with Gasteiger partial charge in [0.15, 0.2) is 23.2 Å². The average molecular weight is 481 g/mol. The third-order valence-electron chi connectivity index (χ3n) is 5.31. The molecule has 0 aliphatic carbocycles. The second kappa shape index (κ2) is 8.86. The molecule has 0 saturated carbocycles. The summed E-state index contributed by atoms with van der Waals surface area (Å²) in [6.07, 6.45) is -4.89. The molecule has 33 heavy (non-hydrogen) atoms. The number of ether oxygens (including phenoxy) is 2. The van der Waals surface area contributed by atoms with E-state index in [2.05, 4.69) is 15.7 Å². The van der Waals surface area contributed by atoms with Crippen molar-refractivity contribution in [1.29, 1.82) is 0 Å². The number of aromatic nitrogens is 2. The van der Waals surface area contributed by atoms with Crippen molar-refractivity contribution in [3.63, 3.8) is 0 Å². The maximum Gasteiger partial charge on any atom is 0.410 e. The summed E-state index contributed by atoms with van der Waals surface area (Å²) in [5.41, 5.74) is 0.834. The van der Waals surface area contributed by atoms with E-state index in [4.69, 9.17) is 21.1 Å². The standard InChI is InChI=1S/C22H20ClF3N4O3/c1-32-17-7-6-12(8-18(17)33-2)15-10-19(22(24,25)26)30-20(28-15)11-16(29-30)21(31)27-14-5-3-4-13(23)9-14/h3-9,11,15,19,28H,10H2,1-2H3,(H,27,31). The van der Waals surface area contributed by atoms with Crippen LogP contribution in [0, 0.1) is 0 Å². The van der Waals surface area contributed by atoms with Gasteiger partial charge in [-0.1, -0.05) is 23.7 Å². The third-order valence-corrected chi connectivity index (χ3v) is 5.55. The molecule has 2 N–H and O–H groups in total. The molecule has 7 nitrogen and oxygen atoms in total. The van der Waals surface area contributed by atoms with Crippen LogP contribution < -0.4 is 20.1 Å². The molecule has 0 radical (unpaired) electrons. The van der Waals surface area contributed by atoms with Crippen molar-refractivity contribution in [3.8, 4) is 11.5 Å². The number of hydrogen-bond donors (Lipinski definition) is 2. The molecule has 2 heterocycles. The molecule has 2 atom stereocenters. The van der Waals surface area contributed by atoms with Gasteiger partial charge in [0, 0.05) is 23.2 Å². The number of fused-ring (bicyclic) bond motifs is 1. The number of alkyl halides is 3. The van der Waals surface area contributed by atoms with E-state index in [1.165, 1.54) is 26.4 Å². The average Bonchev–Trinajstić information content (AvgIpc) is 3.21. The lowest BCUT2D eigenvalue weighted by Gasteiger charge is -2.33. The number of halogens is 4. The third kappa shape index (κ3) is 4.70. The molecule has 174 valence electrons. The summed E-state index contributed by atoms with van der Waals surface area (Å²) in [7, 11) is 2.93. The minimum Gasteiger partial charge on any atom is -0.493 e. The molecule has 1 aliphatic rings. The van der Waals surface area contributed by atoms with Gasteiger partial charge in [-0.25, -0.2) is 4.68 Å². The highest BCUT2D eigenvalue weighted by molar-refractivity contribution is 6.30. The van der Waals surface area contributed by atoms with Gasteiger partial charge in [-0.2, -0.15) is 18.3 Å². The van der Waals surface area contributed by atoms with Gasteiger partial charge in [-0.05, 0) is 35.9 Å². The zero-order chi connectivity index (χ0) is 23.8. The molecular formula is C22H20ClF3N4O3. The molecule has 4 rings (SSSR count). The summed E-state index contributed by atoms with van der Waals surface area (Å²) in [6.45, 7) is 0. The van der Waals surface area contributed by atoms with E-state index >= 15 is 0 Å². The zero-order valence-electron chi connectivity index (χ0n) is 17.6. The predicted molar refractivity (Wildman–Crippen MR) is 117 cm³/mol. The molecule has 0 bridgehead atoms. The Morgan fingerprint density at radius 1 is 1.15 bits per heavy atom. The van der Waals surface area contributed by atoms with Gasteiger partial charge in [-0.15, -0.1) is 0 Å². The predicted octanol–water partition coefficient (Wildman–Crippen LogP) is 5.47. The van der Waals surface area contributed by atoms with E-state index in [1.54, 1.807) is 36.4 Å². The maximum atomic E-state index is 13.9. The Bertz CT molecular complexity index is 1180. The fourth-order valence-corrected chi connectivity index (χ4v) is 3.92. The van der Waals surface area contributed by atoms with Crippen LogP contribution in [0.3, 0.4) is 0 Å². The Labute approximate surface area is 192 Å². The first-order chi connectivity index (χ1) is 15.7. The molecule has 2 aromatic carbocycles. The Morgan fingerprint density at radius 2 is 1.91 bits per heavy atom. The van der Waals surface area contributed by atoms with Crippen molar-refractivity contribution in [2.75, 3.05) is 24.9 Å². The van der Waals surface area contributed by atoms with Gasteiger partial charge in [0.2, 0.25) is 0 Å². The summed E-state index contributed by atoms with van der Waals surface area (Å²) >= 11 is 5.92. The van der Waals surface area contributed by atoms with Crippen LogP contribution in [0.1, 0.15) is 34.6 Å². The van der Waals surface area contributed by atoms with Crippen LogP contribution in [0.15, 0.2) is 48.5 Å². The number of nitrogens with one attached hydrogen (secondary N) is 2. The first-order valence-electron chi connectivity index (χ1n) is 9.91. The smallest absolute Gasteiger partial charge is 0.410 e. The normalized spacial score (nSPS) is 17.6. The monoisotopic (exact) mass is 480 g/mol. The molecule has 1 aromatic heterocycles. The molecule has 1 amide bonds. The minimum atomic E-state index is -4.57. The lowest BCUT2D eigenvalue weighted by atomic mass is 9.96. The minimum absolute atomic E-state index is 0.0830. The fraction of sp³-hybridized carbons (Fsp3) is 0.273. The number of rotatable bonds is 5. The topological polar surface area (TPSA) is 77.4 Å². The van der Waals surface area contributed by atoms with Crippen LogP contribution in [0.2, 0.25) is 5.02 Å². The van der Waals surface area contributed by atoms with Crippen molar-refractivity contribution < 1.29 is 27.4 Å². The Kier molecular flexibility index (Phi) is 6.11. The summed E-state index contributed by atoms with van der Waals surface area (Å²) in [6, 6.07) is 10.0. The van der Waals surface area contributed by atoms with Crippen LogP contribution in [0.4, 0.5) is 24.7 Å².